The molecule has 1 aliphatic rings. The van der Waals surface area contributed by atoms with Crippen LogP contribution in [-0.2, 0) is 0 Å². The number of H-pyrrole nitrogens is 1. The maximum absolute atomic E-state index is 12.3. The summed E-state index contributed by atoms with van der Waals surface area (Å²) >= 11 is 3.42. The summed E-state index contributed by atoms with van der Waals surface area (Å²) in [6, 6.07) is 15.2. The number of fused-ring (bicyclic) bond motifs is 1. The van der Waals surface area contributed by atoms with Crippen molar-refractivity contribution in [3.05, 3.63) is 70.5 Å². The summed E-state index contributed by atoms with van der Waals surface area (Å²) in [6.07, 6.45) is 4.04. The van der Waals surface area contributed by atoms with Crippen LogP contribution in [0.5, 0.6) is 11.5 Å². The minimum Gasteiger partial charge on any atom is -0.457 e. The Bertz CT molecular complexity index is 1220. The third kappa shape index (κ3) is 3.84. The molecule has 1 amide bonds. The van der Waals surface area contributed by atoms with Crippen LogP contribution in [0.2, 0.25) is 0 Å². The van der Waals surface area contributed by atoms with Gasteiger partial charge < -0.3 is 15.8 Å². The van der Waals surface area contributed by atoms with E-state index in [0.29, 0.717) is 23.1 Å². The third-order valence-electron chi connectivity index (χ3n) is 5.67. The van der Waals surface area contributed by atoms with Gasteiger partial charge in [-0.2, -0.15) is 0 Å². The molecule has 1 aliphatic heterocycles. The molecule has 5 rings (SSSR count). The van der Waals surface area contributed by atoms with Crippen molar-refractivity contribution in [3.8, 4) is 22.8 Å². The maximum atomic E-state index is 12.3. The first-order valence-electron chi connectivity index (χ1n) is 10.2. The highest BCUT2D eigenvalue weighted by Crippen LogP contribution is 2.33. The monoisotopic (exact) mass is 479 g/mol. The van der Waals surface area contributed by atoms with Gasteiger partial charge in [0.15, 0.2) is 11.3 Å². The first-order chi connectivity index (χ1) is 15.1. The third-order valence-corrected chi connectivity index (χ3v) is 6.20. The summed E-state index contributed by atoms with van der Waals surface area (Å²) in [4.78, 5) is 17.1. The van der Waals surface area contributed by atoms with E-state index in [0.717, 1.165) is 52.9 Å². The van der Waals surface area contributed by atoms with Gasteiger partial charge in [-0.3, -0.25) is 9.89 Å². The molecule has 0 saturated carbocycles. The molecule has 0 spiro atoms. The molecule has 31 heavy (non-hydrogen) atoms. The van der Waals surface area contributed by atoms with Crippen molar-refractivity contribution < 1.29 is 9.53 Å². The van der Waals surface area contributed by atoms with Crippen molar-refractivity contribution in [2.75, 3.05) is 13.1 Å². The Morgan fingerprint density at radius 2 is 1.71 bits per heavy atom. The smallest absolute Gasteiger partial charge is 0.269 e. The number of nitrogens with one attached hydrogen (secondary N) is 2. The van der Waals surface area contributed by atoms with Crippen molar-refractivity contribution in [1.82, 2.24) is 19.9 Å². The fraction of sp³-hybridized carbons (Fsp3) is 0.217. The molecule has 0 bridgehead atoms. The minimum atomic E-state index is -0.517. The highest BCUT2D eigenvalue weighted by atomic mass is 79.9. The molecule has 4 N–H and O–H groups in total. The van der Waals surface area contributed by atoms with Gasteiger partial charge in [-0.1, -0.05) is 15.9 Å². The molecule has 0 unspecified atom stereocenters. The second kappa shape index (κ2) is 8.20. The number of aromatic nitrogens is 3. The highest BCUT2D eigenvalue weighted by molar-refractivity contribution is 9.10. The van der Waals surface area contributed by atoms with Gasteiger partial charge in [-0.05, 0) is 80.4 Å². The molecule has 0 atom stereocenters. The number of aromatic amines is 1. The summed E-state index contributed by atoms with van der Waals surface area (Å²) < 4.78 is 8.60. The fourth-order valence-electron chi connectivity index (χ4n) is 4.12. The zero-order valence-electron chi connectivity index (χ0n) is 16.8. The molecular formula is C23H22BrN5O2. The van der Waals surface area contributed by atoms with E-state index in [1.807, 2.05) is 54.7 Å². The van der Waals surface area contributed by atoms with Gasteiger partial charge in [0, 0.05) is 21.8 Å². The quantitative estimate of drug-likeness (QED) is 0.393. The largest absolute Gasteiger partial charge is 0.457 e. The Morgan fingerprint density at radius 1 is 1.06 bits per heavy atom. The second-order valence-electron chi connectivity index (χ2n) is 7.67. The van der Waals surface area contributed by atoms with E-state index in [2.05, 4.69) is 26.3 Å². The van der Waals surface area contributed by atoms with Crippen LogP contribution in [0, 0.1) is 0 Å². The Balaban J connectivity index is 1.48. The Hall–Kier alpha value is -3.10. The van der Waals surface area contributed by atoms with Crippen LogP contribution in [0.25, 0.3) is 16.9 Å². The van der Waals surface area contributed by atoms with Crippen LogP contribution < -0.4 is 15.8 Å². The lowest BCUT2D eigenvalue weighted by molar-refractivity contribution is 0.0994. The van der Waals surface area contributed by atoms with Crippen LogP contribution in [-0.4, -0.2) is 33.6 Å². The molecule has 4 aromatic rings. The van der Waals surface area contributed by atoms with Gasteiger partial charge in [0.05, 0.1) is 0 Å². The number of hydrogen-bond acceptors (Lipinski definition) is 4. The molecule has 1 fully saturated rings. The topological polar surface area (TPSA) is 97.4 Å². The van der Waals surface area contributed by atoms with Gasteiger partial charge in [0.1, 0.15) is 17.2 Å². The van der Waals surface area contributed by atoms with E-state index < -0.39 is 5.91 Å². The number of hydrogen-bond donors (Lipinski definition) is 3. The van der Waals surface area contributed by atoms with Crippen molar-refractivity contribution in [3.63, 3.8) is 0 Å². The van der Waals surface area contributed by atoms with Crippen LogP contribution in [0.4, 0.5) is 0 Å². The molecule has 0 aliphatic carbocycles. The van der Waals surface area contributed by atoms with Crippen LogP contribution in [0.15, 0.2) is 59.2 Å². The number of nitrogens with two attached hydrogens (primary N) is 1. The summed E-state index contributed by atoms with van der Waals surface area (Å²) in [7, 11) is 0. The van der Waals surface area contributed by atoms with Gasteiger partial charge >= 0.3 is 0 Å². The number of piperidine rings is 1. The summed E-state index contributed by atoms with van der Waals surface area (Å²) in [5.74, 6) is 1.34. The first kappa shape index (κ1) is 19.8. The lowest BCUT2D eigenvalue weighted by atomic mass is 9.92. The molecule has 158 valence electrons. The van der Waals surface area contributed by atoms with Crippen molar-refractivity contribution in [1.29, 1.82) is 0 Å². The standard InChI is InChI=1S/C23H22BrN5O2/c24-16-3-7-18(8-4-16)31-17-5-1-15(2-6-17)20-21(22(25)30)29-23(28-20)19(13-27-29)14-9-11-26-12-10-14/h1-8,13-14,26-27H,9-12H2,(H2,25,30). The highest BCUT2D eigenvalue weighted by Gasteiger charge is 2.25. The Morgan fingerprint density at radius 3 is 2.35 bits per heavy atom. The number of benzene rings is 2. The van der Waals surface area contributed by atoms with Crippen LogP contribution >= 0.6 is 15.9 Å². The minimum absolute atomic E-state index is 0.358. The fourth-order valence-corrected chi connectivity index (χ4v) is 4.38. The van der Waals surface area contributed by atoms with Gasteiger partial charge in [-0.25, -0.2) is 9.50 Å². The van der Waals surface area contributed by atoms with Crippen LogP contribution in [0.1, 0.15) is 34.8 Å². The van der Waals surface area contributed by atoms with E-state index in [-0.39, 0.29) is 0 Å². The summed E-state index contributed by atoms with van der Waals surface area (Å²) in [5.41, 5.74) is 9.38. The van der Waals surface area contributed by atoms with Crippen molar-refractivity contribution in [2.45, 2.75) is 18.8 Å². The summed E-state index contributed by atoms with van der Waals surface area (Å²) in [6.45, 7) is 1.97. The van der Waals surface area contributed by atoms with Crippen LogP contribution in [0.3, 0.4) is 0 Å². The zero-order chi connectivity index (χ0) is 21.4. The van der Waals surface area contributed by atoms with Gasteiger partial charge in [0.2, 0.25) is 0 Å². The number of amides is 1. The second-order valence-corrected chi connectivity index (χ2v) is 8.58. The Kier molecular flexibility index (Phi) is 5.25. The predicted octanol–water partition coefficient (Wildman–Crippen LogP) is 4.45. The van der Waals surface area contributed by atoms with Crippen molar-refractivity contribution in [2.24, 2.45) is 5.73 Å². The zero-order valence-corrected chi connectivity index (χ0v) is 18.4. The van der Waals surface area contributed by atoms with E-state index in [4.69, 9.17) is 15.5 Å². The van der Waals surface area contributed by atoms with E-state index in [1.165, 1.54) is 0 Å². The predicted molar refractivity (Wildman–Crippen MR) is 123 cm³/mol. The normalized spacial score (nSPS) is 14.7. The number of halogens is 1. The maximum Gasteiger partial charge on any atom is 0.269 e. The van der Waals surface area contributed by atoms with Crippen molar-refractivity contribution >= 4 is 27.5 Å². The van der Waals surface area contributed by atoms with Gasteiger partial charge in [-0.15, -0.1) is 0 Å². The lowest BCUT2D eigenvalue weighted by Crippen LogP contribution is -2.26. The van der Waals surface area contributed by atoms with E-state index in [1.54, 1.807) is 4.52 Å². The number of imidazole rings is 1. The average molecular weight is 480 g/mol. The molecule has 7 nitrogen and oxygen atoms in total. The molecule has 0 radical (unpaired) electrons. The molecule has 1 saturated heterocycles. The SMILES string of the molecule is NC(=O)c1c(-c2ccc(Oc3ccc(Br)cc3)cc2)nc2c(C3CCNCC3)c[nH]n12. The number of carbonyl (C=O) groups excluding carboxylic acids is 1. The number of nitrogens with zero attached hydrogens (tertiary/aromatic N) is 2. The molecule has 8 heteroatoms. The molecule has 2 aromatic carbocycles. The Labute approximate surface area is 187 Å². The number of rotatable bonds is 5. The molecule has 2 aromatic heterocycles. The first-order valence-corrected chi connectivity index (χ1v) is 11.0. The molecule has 3 heterocycles. The van der Waals surface area contributed by atoms with E-state index >= 15 is 0 Å². The average Bonchev–Trinajstić information content (AvgIpc) is 3.36. The molecular weight excluding hydrogens is 458 g/mol. The number of carbonyl (C=O) groups is 1. The van der Waals surface area contributed by atoms with E-state index in [9.17, 15) is 4.79 Å². The number of ether oxygens (including phenoxy) is 1. The number of primary amides is 1. The lowest BCUT2D eigenvalue weighted by Gasteiger charge is -2.21. The van der Waals surface area contributed by atoms with Gasteiger partial charge in [0.25, 0.3) is 5.91 Å². The summed E-state index contributed by atoms with van der Waals surface area (Å²) in [5, 5.41) is 6.56.